The van der Waals surface area contributed by atoms with Crippen molar-refractivity contribution in [3.05, 3.63) is 34.9 Å². The van der Waals surface area contributed by atoms with Crippen LogP contribution in [0.3, 0.4) is 0 Å². The van der Waals surface area contributed by atoms with Crippen molar-refractivity contribution in [2.24, 2.45) is 5.10 Å². The minimum absolute atomic E-state index is 0.877. The highest BCUT2D eigenvalue weighted by Gasteiger charge is 1.93. The van der Waals surface area contributed by atoms with E-state index in [-0.39, 0.29) is 0 Å². The lowest BCUT2D eigenvalue weighted by Gasteiger charge is -1.99. The van der Waals surface area contributed by atoms with Gasteiger partial charge in [-0.2, -0.15) is 5.10 Å². The van der Waals surface area contributed by atoms with Gasteiger partial charge in [0.15, 0.2) is 0 Å². The Hall–Kier alpha value is -1.84. The van der Waals surface area contributed by atoms with Crippen LogP contribution in [0.5, 0.6) is 0 Å². The molecule has 0 aromatic heterocycles. The van der Waals surface area contributed by atoms with Gasteiger partial charge in [0.05, 0.1) is 6.21 Å². The van der Waals surface area contributed by atoms with Crippen molar-refractivity contribution in [1.29, 1.82) is 0 Å². The molecular weight excluding hydrogens is 180 g/mol. The fraction of sp³-hybridized carbons (Fsp3) is 0.200. The van der Waals surface area contributed by atoms with Crippen molar-refractivity contribution in [2.75, 3.05) is 0 Å². The third-order valence-electron chi connectivity index (χ3n) is 1.90. The topological polar surface area (TPSA) is 61.7 Å². The molecule has 0 fully saturated rings. The average molecular weight is 192 g/mol. The van der Waals surface area contributed by atoms with Gasteiger partial charge >= 0.3 is 6.09 Å². The van der Waals surface area contributed by atoms with Crippen molar-refractivity contribution in [3.63, 3.8) is 0 Å². The molecule has 0 bridgehead atoms. The van der Waals surface area contributed by atoms with Crippen LogP contribution >= 0.6 is 0 Å². The smallest absolute Gasteiger partial charge is 0.425 e. The number of hydrogen-bond acceptors (Lipinski definition) is 2. The zero-order valence-corrected chi connectivity index (χ0v) is 8.11. The SMILES string of the molecule is Cc1ccc(C=NNC(=O)O)cc1C. The highest BCUT2D eigenvalue weighted by molar-refractivity contribution is 5.81. The molecule has 0 saturated carbocycles. The standard InChI is InChI=1S/C10H12N2O2/c1-7-3-4-9(5-8(7)2)6-11-12-10(13)14/h3-6,12H,1-2H3,(H,13,14). The lowest BCUT2D eigenvalue weighted by molar-refractivity contribution is 0.195. The summed E-state index contributed by atoms with van der Waals surface area (Å²) in [5, 5.41) is 11.8. The molecule has 1 rings (SSSR count). The number of hydrogen-bond donors (Lipinski definition) is 2. The first-order valence-corrected chi connectivity index (χ1v) is 4.19. The number of amides is 1. The maximum Gasteiger partial charge on any atom is 0.425 e. The molecule has 14 heavy (non-hydrogen) atoms. The number of carbonyl (C=O) groups is 1. The summed E-state index contributed by atoms with van der Waals surface area (Å²) in [6, 6.07) is 5.80. The van der Waals surface area contributed by atoms with Gasteiger partial charge in [-0.1, -0.05) is 18.2 Å². The van der Waals surface area contributed by atoms with Crippen molar-refractivity contribution >= 4 is 12.3 Å². The number of benzene rings is 1. The molecule has 1 aromatic carbocycles. The van der Waals surface area contributed by atoms with Crippen LogP contribution in [0, 0.1) is 13.8 Å². The Bertz CT molecular complexity index is 372. The Morgan fingerprint density at radius 2 is 2.14 bits per heavy atom. The lowest BCUT2D eigenvalue weighted by atomic mass is 10.1. The first kappa shape index (κ1) is 10.2. The summed E-state index contributed by atoms with van der Waals surface area (Å²) in [5.41, 5.74) is 5.15. The Morgan fingerprint density at radius 1 is 1.43 bits per heavy atom. The molecule has 0 saturated heterocycles. The molecule has 0 unspecified atom stereocenters. The highest BCUT2D eigenvalue weighted by atomic mass is 16.4. The number of carboxylic acid groups (broad SMARTS) is 1. The Kier molecular flexibility index (Phi) is 3.23. The summed E-state index contributed by atoms with van der Waals surface area (Å²) in [6.07, 6.45) is 0.311. The summed E-state index contributed by atoms with van der Waals surface area (Å²) < 4.78 is 0. The van der Waals surface area contributed by atoms with Gasteiger partial charge in [-0.25, -0.2) is 10.2 Å². The Labute approximate surface area is 82.3 Å². The molecule has 1 aromatic rings. The van der Waals surface area contributed by atoms with Crippen molar-refractivity contribution < 1.29 is 9.90 Å². The monoisotopic (exact) mass is 192 g/mol. The molecule has 0 atom stereocenters. The van der Waals surface area contributed by atoms with E-state index in [4.69, 9.17) is 5.11 Å². The third-order valence-corrected chi connectivity index (χ3v) is 1.90. The van der Waals surface area contributed by atoms with Gasteiger partial charge in [0.1, 0.15) is 0 Å². The number of hydrazone groups is 1. The predicted octanol–water partition coefficient (Wildman–Crippen LogP) is 1.90. The number of rotatable bonds is 2. The molecule has 4 heteroatoms. The van der Waals surface area contributed by atoms with Crippen LogP contribution in [-0.2, 0) is 0 Å². The first-order valence-electron chi connectivity index (χ1n) is 4.19. The molecule has 0 spiro atoms. The van der Waals surface area contributed by atoms with Crippen molar-refractivity contribution in [1.82, 2.24) is 5.43 Å². The maximum absolute atomic E-state index is 10.1. The zero-order valence-electron chi connectivity index (χ0n) is 8.11. The summed E-state index contributed by atoms with van der Waals surface area (Å²) in [6.45, 7) is 4.02. The van der Waals surface area contributed by atoms with Gasteiger partial charge < -0.3 is 5.11 Å². The van der Waals surface area contributed by atoms with E-state index in [1.165, 1.54) is 11.8 Å². The summed E-state index contributed by atoms with van der Waals surface area (Å²) in [4.78, 5) is 10.1. The number of aryl methyl sites for hydroxylation is 2. The van der Waals surface area contributed by atoms with Gasteiger partial charge in [-0.15, -0.1) is 0 Å². The molecule has 1 amide bonds. The normalized spacial score (nSPS) is 10.4. The number of nitrogens with zero attached hydrogens (tertiary/aromatic N) is 1. The second-order valence-electron chi connectivity index (χ2n) is 3.02. The molecule has 0 aliphatic heterocycles. The molecule has 74 valence electrons. The van der Waals surface area contributed by atoms with Gasteiger partial charge in [0.25, 0.3) is 0 Å². The summed E-state index contributed by atoms with van der Waals surface area (Å²) >= 11 is 0. The largest absolute Gasteiger partial charge is 0.464 e. The summed E-state index contributed by atoms with van der Waals surface area (Å²) in [5.74, 6) is 0. The molecule has 0 aliphatic rings. The van der Waals surface area contributed by atoms with Gasteiger partial charge in [-0.05, 0) is 30.5 Å². The van der Waals surface area contributed by atoms with Crippen LogP contribution in [0.25, 0.3) is 0 Å². The molecule has 0 heterocycles. The van der Waals surface area contributed by atoms with Crippen LogP contribution in [0.4, 0.5) is 4.79 Å². The third kappa shape index (κ3) is 2.90. The second kappa shape index (κ2) is 4.41. The van der Waals surface area contributed by atoms with E-state index in [0.717, 1.165) is 11.1 Å². The number of nitrogens with one attached hydrogen (secondary N) is 1. The van der Waals surface area contributed by atoms with Crippen LogP contribution in [0.1, 0.15) is 16.7 Å². The van der Waals surface area contributed by atoms with Crippen LogP contribution in [0.2, 0.25) is 0 Å². The van der Waals surface area contributed by atoms with E-state index < -0.39 is 6.09 Å². The summed E-state index contributed by atoms with van der Waals surface area (Å²) in [7, 11) is 0. The molecule has 2 N–H and O–H groups in total. The fourth-order valence-electron chi connectivity index (χ4n) is 1.01. The molecular formula is C10H12N2O2. The van der Waals surface area contributed by atoms with E-state index in [2.05, 4.69) is 5.10 Å². The van der Waals surface area contributed by atoms with Crippen LogP contribution < -0.4 is 5.43 Å². The molecule has 0 aliphatic carbocycles. The van der Waals surface area contributed by atoms with E-state index in [1.54, 1.807) is 0 Å². The lowest BCUT2D eigenvalue weighted by Crippen LogP contribution is -2.13. The molecule has 4 nitrogen and oxygen atoms in total. The van der Waals surface area contributed by atoms with Gasteiger partial charge in [-0.3, -0.25) is 0 Å². The van der Waals surface area contributed by atoms with E-state index in [9.17, 15) is 4.79 Å². The quantitative estimate of drug-likeness (QED) is 0.555. The first-order chi connectivity index (χ1) is 6.59. The van der Waals surface area contributed by atoms with Gasteiger partial charge in [0, 0.05) is 0 Å². The van der Waals surface area contributed by atoms with E-state index in [1.807, 2.05) is 37.5 Å². The second-order valence-corrected chi connectivity index (χ2v) is 3.02. The zero-order chi connectivity index (χ0) is 10.6. The maximum atomic E-state index is 10.1. The Balaban J connectivity index is 2.73. The highest BCUT2D eigenvalue weighted by Crippen LogP contribution is 2.07. The molecule has 0 radical (unpaired) electrons. The van der Waals surface area contributed by atoms with E-state index >= 15 is 0 Å². The van der Waals surface area contributed by atoms with Gasteiger partial charge in [0.2, 0.25) is 0 Å². The van der Waals surface area contributed by atoms with Crippen molar-refractivity contribution in [3.8, 4) is 0 Å². The minimum Gasteiger partial charge on any atom is -0.464 e. The van der Waals surface area contributed by atoms with Crippen LogP contribution in [0.15, 0.2) is 23.3 Å². The van der Waals surface area contributed by atoms with Crippen LogP contribution in [-0.4, -0.2) is 17.4 Å². The fourth-order valence-corrected chi connectivity index (χ4v) is 1.01. The average Bonchev–Trinajstić information content (AvgIpc) is 2.10. The van der Waals surface area contributed by atoms with E-state index in [0.29, 0.717) is 0 Å². The Morgan fingerprint density at radius 3 is 2.71 bits per heavy atom. The van der Waals surface area contributed by atoms with Crippen molar-refractivity contribution in [2.45, 2.75) is 13.8 Å². The predicted molar refractivity (Wildman–Crippen MR) is 54.7 cm³/mol. The minimum atomic E-state index is -1.16.